The van der Waals surface area contributed by atoms with Gasteiger partial charge in [0.05, 0.1) is 16.6 Å². The Morgan fingerprint density at radius 1 is 1.50 bits per heavy atom. The zero-order chi connectivity index (χ0) is 13.7. The fourth-order valence-corrected chi connectivity index (χ4v) is 1.65. The van der Waals surface area contributed by atoms with Gasteiger partial charge in [-0.2, -0.15) is 0 Å². The Kier molecular flexibility index (Phi) is 5.27. The van der Waals surface area contributed by atoms with Gasteiger partial charge in [-0.15, -0.1) is 0 Å². The average Bonchev–Trinajstić information content (AvgIpc) is 2.32. The molecule has 98 valence electrons. The number of hydrogen-bond acceptors (Lipinski definition) is 3. The predicted molar refractivity (Wildman–Crippen MR) is 67.7 cm³/mol. The topological polar surface area (TPSA) is 55.4 Å². The van der Waals surface area contributed by atoms with E-state index < -0.39 is 23.7 Å². The van der Waals surface area contributed by atoms with Crippen LogP contribution in [0.4, 0.5) is 4.39 Å². The normalized spacial score (nSPS) is 11.8. The van der Waals surface area contributed by atoms with E-state index in [1.165, 1.54) is 25.1 Å². The third kappa shape index (κ3) is 3.53. The fraction of sp³-hybridized carbons (Fsp3) is 0.333. The fourth-order valence-electron chi connectivity index (χ4n) is 1.28. The molecule has 0 aliphatic carbocycles. The lowest BCUT2D eigenvalue weighted by Gasteiger charge is -2.13. The van der Waals surface area contributed by atoms with Crippen LogP contribution < -0.4 is 5.32 Å². The minimum absolute atomic E-state index is 0.125. The Balaban J connectivity index is 2.77. The molecule has 1 aromatic rings. The Hall–Kier alpha value is -1.43. The van der Waals surface area contributed by atoms with Crippen LogP contribution in [0.5, 0.6) is 0 Å². The number of esters is 1. The molecule has 0 saturated carbocycles. The molecule has 1 amide bonds. The zero-order valence-corrected chi connectivity index (χ0v) is 11.6. The van der Waals surface area contributed by atoms with Crippen molar-refractivity contribution < 1.29 is 18.7 Å². The summed E-state index contributed by atoms with van der Waals surface area (Å²) in [6.45, 7) is 3.37. The van der Waals surface area contributed by atoms with Gasteiger partial charge in [-0.1, -0.05) is 6.07 Å². The van der Waals surface area contributed by atoms with Gasteiger partial charge in [-0.05, 0) is 41.9 Å². The second kappa shape index (κ2) is 6.49. The van der Waals surface area contributed by atoms with E-state index >= 15 is 0 Å². The molecule has 1 aromatic carbocycles. The molecule has 0 radical (unpaired) electrons. The van der Waals surface area contributed by atoms with E-state index in [4.69, 9.17) is 4.74 Å². The Labute approximate surface area is 113 Å². The molecular formula is C12H13BrFNO3. The molecule has 0 aliphatic rings. The maximum absolute atomic E-state index is 13.6. The molecule has 1 unspecified atom stereocenters. The molecule has 6 heteroatoms. The molecule has 0 aliphatic heterocycles. The largest absolute Gasteiger partial charge is 0.464 e. The van der Waals surface area contributed by atoms with E-state index in [9.17, 15) is 14.0 Å². The minimum Gasteiger partial charge on any atom is -0.464 e. The highest BCUT2D eigenvalue weighted by Crippen LogP contribution is 2.18. The first-order valence-electron chi connectivity index (χ1n) is 5.38. The number of carbonyl (C=O) groups is 2. The van der Waals surface area contributed by atoms with Gasteiger partial charge in [0.25, 0.3) is 5.91 Å². The second-order valence-corrected chi connectivity index (χ2v) is 4.40. The summed E-state index contributed by atoms with van der Waals surface area (Å²) < 4.78 is 18.6. The SMILES string of the molecule is CCOC(=O)C(C)NC(=O)c1cccc(Br)c1F. The summed E-state index contributed by atoms with van der Waals surface area (Å²) in [7, 11) is 0. The first kappa shape index (κ1) is 14.6. The van der Waals surface area contributed by atoms with E-state index in [0.29, 0.717) is 0 Å². The summed E-state index contributed by atoms with van der Waals surface area (Å²) in [6.07, 6.45) is 0. The summed E-state index contributed by atoms with van der Waals surface area (Å²) in [4.78, 5) is 23.1. The Bertz CT molecular complexity index is 465. The van der Waals surface area contributed by atoms with Crippen LogP contribution in [0, 0.1) is 5.82 Å². The van der Waals surface area contributed by atoms with Crippen LogP contribution in [0.15, 0.2) is 22.7 Å². The monoisotopic (exact) mass is 317 g/mol. The molecule has 0 aromatic heterocycles. The van der Waals surface area contributed by atoms with Gasteiger partial charge in [-0.25, -0.2) is 9.18 Å². The highest BCUT2D eigenvalue weighted by Gasteiger charge is 2.20. The summed E-state index contributed by atoms with van der Waals surface area (Å²) in [5.41, 5.74) is -0.125. The third-order valence-corrected chi connectivity index (χ3v) is 2.80. The van der Waals surface area contributed by atoms with Crippen molar-refractivity contribution in [3.8, 4) is 0 Å². The lowest BCUT2D eigenvalue weighted by Crippen LogP contribution is -2.39. The van der Waals surface area contributed by atoms with Gasteiger partial charge in [0, 0.05) is 0 Å². The third-order valence-electron chi connectivity index (χ3n) is 2.18. The Morgan fingerprint density at radius 3 is 2.78 bits per heavy atom. The molecule has 0 bridgehead atoms. The zero-order valence-electron chi connectivity index (χ0n) is 10.00. The molecule has 18 heavy (non-hydrogen) atoms. The van der Waals surface area contributed by atoms with Crippen LogP contribution in [0.2, 0.25) is 0 Å². The summed E-state index contributed by atoms with van der Waals surface area (Å²) in [6, 6.07) is 3.54. The van der Waals surface area contributed by atoms with Crippen LogP contribution in [0.3, 0.4) is 0 Å². The first-order chi connectivity index (χ1) is 8.47. The van der Waals surface area contributed by atoms with E-state index in [2.05, 4.69) is 21.2 Å². The van der Waals surface area contributed by atoms with Crippen molar-refractivity contribution in [1.82, 2.24) is 5.32 Å². The average molecular weight is 318 g/mol. The van der Waals surface area contributed by atoms with Crippen molar-refractivity contribution in [2.75, 3.05) is 6.61 Å². The number of nitrogens with one attached hydrogen (secondary N) is 1. The van der Waals surface area contributed by atoms with Gasteiger partial charge in [0.1, 0.15) is 11.9 Å². The maximum atomic E-state index is 13.6. The maximum Gasteiger partial charge on any atom is 0.328 e. The van der Waals surface area contributed by atoms with E-state index in [0.717, 1.165) is 0 Å². The van der Waals surface area contributed by atoms with Crippen LogP contribution in [0.25, 0.3) is 0 Å². The van der Waals surface area contributed by atoms with E-state index in [-0.39, 0.29) is 16.6 Å². The van der Waals surface area contributed by atoms with Crippen molar-refractivity contribution in [1.29, 1.82) is 0 Å². The number of ether oxygens (including phenoxy) is 1. The minimum atomic E-state index is -0.823. The van der Waals surface area contributed by atoms with Crippen molar-refractivity contribution >= 4 is 27.8 Å². The number of halogens is 2. The molecule has 0 fully saturated rings. The molecule has 0 spiro atoms. The summed E-state index contributed by atoms with van der Waals surface area (Å²) in [5, 5.41) is 2.37. The summed E-state index contributed by atoms with van der Waals surface area (Å²) >= 11 is 2.99. The van der Waals surface area contributed by atoms with Gasteiger partial charge in [0.2, 0.25) is 0 Å². The van der Waals surface area contributed by atoms with Crippen LogP contribution in [-0.2, 0) is 9.53 Å². The van der Waals surface area contributed by atoms with E-state index in [1.54, 1.807) is 6.92 Å². The van der Waals surface area contributed by atoms with Gasteiger partial charge in [-0.3, -0.25) is 4.79 Å². The molecule has 1 N–H and O–H groups in total. The van der Waals surface area contributed by atoms with Crippen LogP contribution in [0.1, 0.15) is 24.2 Å². The highest BCUT2D eigenvalue weighted by atomic mass is 79.9. The molecular weight excluding hydrogens is 305 g/mol. The molecule has 1 atom stereocenters. The standard InChI is InChI=1S/C12H13BrFNO3/c1-3-18-12(17)7(2)15-11(16)8-5-4-6-9(13)10(8)14/h4-7H,3H2,1-2H3,(H,15,16). The molecule has 1 rings (SSSR count). The highest BCUT2D eigenvalue weighted by molar-refractivity contribution is 9.10. The Morgan fingerprint density at radius 2 is 2.17 bits per heavy atom. The predicted octanol–water partition coefficient (Wildman–Crippen LogP) is 2.27. The number of amides is 1. The van der Waals surface area contributed by atoms with Gasteiger partial charge in [0.15, 0.2) is 0 Å². The van der Waals surface area contributed by atoms with Crippen LogP contribution >= 0.6 is 15.9 Å². The smallest absolute Gasteiger partial charge is 0.328 e. The number of carbonyl (C=O) groups excluding carboxylic acids is 2. The van der Waals surface area contributed by atoms with Crippen molar-refractivity contribution in [3.63, 3.8) is 0 Å². The number of rotatable bonds is 4. The van der Waals surface area contributed by atoms with Gasteiger partial charge < -0.3 is 10.1 Å². The van der Waals surface area contributed by atoms with Crippen molar-refractivity contribution in [2.45, 2.75) is 19.9 Å². The summed E-state index contributed by atoms with van der Waals surface area (Å²) in [5.74, 6) is -1.87. The van der Waals surface area contributed by atoms with Crippen LogP contribution in [-0.4, -0.2) is 24.5 Å². The van der Waals surface area contributed by atoms with E-state index in [1.807, 2.05) is 0 Å². The van der Waals surface area contributed by atoms with Crippen molar-refractivity contribution in [2.24, 2.45) is 0 Å². The second-order valence-electron chi connectivity index (χ2n) is 3.55. The lowest BCUT2D eigenvalue weighted by atomic mass is 10.2. The molecule has 4 nitrogen and oxygen atoms in total. The quantitative estimate of drug-likeness (QED) is 0.867. The molecule has 0 heterocycles. The first-order valence-corrected chi connectivity index (χ1v) is 6.18. The van der Waals surface area contributed by atoms with Gasteiger partial charge >= 0.3 is 5.97 Å². The number of benzene rings is 1. The molecule has 0 saturated heterocycles. The van der Waals surface area contributed by atoms with Crippen molar-refractivity contribution in [3.05, 3.63) is 34.1 Å². The lowest BCUT2D eigenvalue weighted by molar-refractivity contribution is -0.144. The number of hydrogen-bond donors (Lipinski definition) is 1.